The second-order valence-corrected chi connectivity index (χ2v) is 3.31. The van der Waals surface area contributed by atoms with Gasteiger partial charge in [-0.1, -0.05) is 32.3 Å². The van der Waals surface area contributed by atoms with Crippen molar-refractivity contribution in [3.8, 4) is 0 Å². The summed E-state index contributed by atoms with van der Waals surface area (Å²) in [5.41, 5.74) is 0. The Kier molecular flexibility index (Phi) is 3.26. The Hall–Kier alpha value is -0.860. The van der Waals surface area contributed by atoms with Crippen molar-refractivity contribution < 1.29 is 4.52 Å². The van der Waals surface area contributed by atoms with E-state index in [0.29, 0.717) is 5.92 Å². The van der Waals surface area contributed by atoms with Crippen LogP contribution in [0, 0.1) is 0 Å². The highest BCUT2D eigenvalue weighted by molar-refractivity contribution is 4.90. The van der Waals surface area contributed by atoms with Gasteiger partial charge < -0.3 is 4.52 Å². The average molecular weight is 168 g/mol. The predicted molar refractivity (Wildman–Crippen MR) is 47.0 cm³/mol. The highest BCUT2D eigenvalue weighted by atomic mass is 16.5. The van der Waals surface area contributed by atoms with Crippen LogP contribution in [0.2, 0.25) is 0 Å². The molecular formula is C9H16N2O. The quantitative estimate of drug-likeness (QED) is 0.693. The van der Waals surface area contributed by atoms with Crippen LogP contribution in [0.25, 0.3) is 0 Å². The Bertz CT molecular complexity index is 230. The topological polar surface area (TPSA) is 38.9 Å². The van der Waals surface area contributed by atoms with Crippen molar-refractivity contribution in [2.75, 3.05) is 0 Å². The molecule has 3 heteroatoms. The normalized spacial score (nSPS) is 11.0. The summed E-state index contributed by atoms with van der Waals surface area (Å²) in [5, 5.41) is 3.89. The van der Waals surface area contributed by atoms with Gasteiger partial charge in [-0.05, 0) is 6.42 Å². The van der Waals surface area contributed by atoms with E-state index < -0.39 is 0 Å². The molecule has 0 N–H and O–H groups in total. The van der Waals surface area contributed by atoms with E-state index in [9.17, 15) is 0 Å². The molecular weight excluding hydrogens is 152 g/mol. The van der Waals surface area contributed by atoms with Gasteiger partial charge in [-0.25, -0.2) is 0 Å². The van der Waals surface area contributed by atoms with Gasteiger partial charge in [-0.2, -0.15) is 4.98 Å². The molecule has 0 atom stereocenters. The van der Waals surface area contributed by atoms with Crippen LogP contribution in [0.4, 0.5) is 0 Å². The van der Waals surface area contributed by atoms with Gasteiger partial charge in [0, 0.05) is 12.3 Å². The van der Waals surface area contributed by atoms with E-state index in [1.54, 1.807) is 0 Å². The molecule has 0 saturated heterocycles. The molecule has 0 fully saturated rings. The first kappa shape index (κ1) is 9.23. The maximum absolute atomic E-state index is 5.06. The maximum atomic E-state index is 5.06. The fraction of sp³-hybridized carbons (Fsp3) is 0.778. The molecule has 0 spiro atoms. The van der Waals surface area contributed by atoms with Crippen molar-refractivity contribution in [1.82, 2.24) is 10.1 Å². The molecule has 1 aromatic rings. The van der Waals surface area contributed by atoms with Gasteiger partial charge in [0.15, 0.2) is 5.82 Å². The Balaban J connectivity index is 2.52. The maximum Gasteiger partial charge on any atom is 0.229 e. The third-order valence-corrected chi connectivity index (χ3v) is 1.73. The van der Waals surface area contributed by atoms with Crippen LogP contribution >= 0.6 is 0 Å². The highest BCUT2D eigenvalue weighted by Crippen LogP contribution is 2.11. The second-order valence-electron chi connectivity index (χ2n) is 3.31. The number of aromatic nitrogens is 2. The summed E-state index contributed by atoms with van der Waals surface area (Å²) < 4.78 is 5.06. The van der Waals surface area contributed by atoms with E-state index >= 15 is 0 Å². The van der Waals surface area contributed by atoms with Gasteiger partial charge in [0.2, 0.25) is 5.89 Å². The van der Waals surface area contributed by atoms with Crippen LogP contribution in [0.15, 0.2) is 4.52 Å². The summed E-state index contributed by atoms with van der Waals surface area (Å²) in [6, 6.07) is 0. The average Bonchev–Trinajstić information content (AvgIpc) is 2.48. The molecule has 1 heterocycles. The molecule has 0 bridgehead atoms. The monoisotopic (exact) mass is 168 g/mol. The highest BCUT2D eigenvalue weighted by Gasteiger charge is 2.08. The third kappa shape index (κ3) is 2.32. The van der Waals surface area contributed by atoms with Crippen molar-refractivity contribution in [2.24, 2.45) is 0 Å². The molecule has 0 aliphatic carbocycles. The first-order valence-electron chi connectivity index (χ1n) is 4.56. The van der Waals surface area contributed by atoms with Crippen LogP contribution < -0.4 is 0 Å². The minimum absolute atomic E-state index is 0.341. The van der Waals surface area contributed by atoms with E-state index in [1.807, 2.05) is 0 Å². The Morgan fingerprint density at radius 1 is 1.42 bits per heavy atom. The number of rotatable bonds is 4. The van der Waals surface area contributed by atoms with Crippen molar-refractivity contribution in [2.45, 2.75) is 46.0 Å². The van der Waals surface area contributed by atoms with Crippen LogP contribution in [0.5, 0.6) is 0 Å². The smallest absolute Gasteiger partial charge is 0.229 e. The summed E-state index contributed by atoms with van der Waals surface area (Å²) >= 11 is 0. The standard InChI is InChI=1S/C9H16N2O/c1-4-5-6-8-10-9(7(2)3)12-11-8/h7H,4-6H2,1-3H3. The van der Waals surface area contributed by atoms with Gasteiger partial charge in [-0.15, -0.1) is 0 Å². The molecule has 0 aromatic carbocycles. The minimum atomic E-state index is 0.341. The fourth-order valence-corrected chi connectivity index (χ4v) is 0.938. The van der Waals surface area contributed by atoms with E-state index in [4.69, 9.17) is 4.52 Å². The van der Waals surface area contributed by atoms with Gasteiger partial charge in [-0.3, -0.25) is 0 Å². The number of hydrogen-bond acceptors (Lipinski definition) is 3. The van der Waals surface area contributed by atoms with Crippen LogP contribution in [0.3, 0.4) is 0 Å². The summed E-state index contributed by atoms with van der Waals surface area (Å²) in [5.74, 6) is 1.94. The SMILES string of the molecule is CCCCc1noc(C(C)C)n1. The van der Waals surface area contributed by atoms with Crippen LogP contribution in [-0.4, -0.2) is 10.1 Å². The Labute approximate surface area is 73.2 Å². The van der Waals surface area contributed by atoms with E-state index in [0.717, 1.165) is 24.6 Å². The van der Waals surface area contributed by atoms with Crippen LogP contribution in [-0.2, 0) is 6.42 Å². The molecule has 0 aliphatic rings. The van der Waals surface area contributed by atoms with Crippen LogP contribution in [0.1, 0.15) is 51.2 Å². The van der Waals surface area contributed by atoms with Gasteiger partial charge in [0.1, 0.15) is 0 Å². The van der Waals surface area contributed by atoms with E-state index in [-0.39, 0.29) is 0 Å². The van der Waals surface area contributed by atoms with Gasteiger partial charge in [0.25, 0.3) is 0 Å². The lowest BCUT2D eigenvalue weighted by Gasteiger charge is -1.92. The second kappa shape index (κ2) is 4.24. The summed E-state index contributed by atoms with van der Waals surface area (Å²) in [7, 11) is 0. The summed E-state index contributed by atoms with van der Waals surface area (Å²) in [6.45, 7) is 6.26. The van der Waals surface area contributed by atoms with E-state index in [2.05, 4.69) is 30.9 Å². The molecule has 0 amide bonds. The molecule has 0 unspecified atom stereocenters. The minimum Gasteiger partial charge on any atom is -0.339 e. The number of hydrogen-bond donors (Lipinski definition) is 0. The summed E-state index contributed by atoms with van der Waals surface area (Å²) in [6.07, 6.45) is 3.25. The zero-order chi connectivity index (χ0) is 8.97. The third-order valence-electron chi connectivity index (χ3n) is 1.73. The van der Waals surface area contributed by atoms with Gasteiger partial charge >= 0.3 is 0 Å². The van der Waals surface area contributed by atoms with E-state index in [1.165, 1.54) is 6.42 Å². The van der Waals surface area contributed by atoms with Crippen molar-refractivity contribution in [1.29, 1.82) is 0 Å². The zero-order valence-electron chi connectivity index (χ0n) is 8.00. The Morgan fingerprint density at radius 2 is 2.17 bits per heavy atom. The number of unbranched alkanes of at least 4 members (excludes halogenated alkanes) is 1. The first-order valence-corrected chi connectivity index (χ1v) is 4.56. The van der Waals surface area contributed by atoms with Gasteiger partial charge in [0.05, 0.1) is 0 Å². The van der Waals surface area contributed by atoms with Crippen molar-refractivity contribution in [3.63, 3.8) is 0 Å². The lowest BCUT2D eigenvalue weighted by Crippen LogP contribution is -1.90. The molecule has 0 radical (unpaired) electrons. The lowest BCUT2D eigenvalue weighted by molar-refractivity contribution is 0.360. The molecule has 0 aliphatic heterocycles. The number of nitrogens with zero attached hydrogens (tertiary/aromatic N) is 2. The zero-order valence-corrected chi connectivity index (χ0v) is 8.00. The molecule has 1 aromatic heterocycles. The Morgan fingerprint density at radius 3 is 2.67 bits per heavy atom. The largest absolute Gasteiger partial charge is 0.339 e. The molecule has 1 rings (SSSR count). The fourth-order valence-electron chi connectivity index (χ4n) is 0.938. The lowest BCUT2D eigenvalue weighted by atomic mass is 10.2. The molecule has 68 valence electrons. The molecule has 0 saturated carbocycles. The first-order chi connectivity index (χ1) is 5.74. The summed E-state index contributed by atoms with van der Waals surface area (Å²) in [4.78, 5) is 4.27. The van der Waals surface area contributed by atoms with Crippen molar-refractivity contribution in [3.05, 3.63) is 11.7 Å². The van der Waals surface area contributed by atoms with Crippen molar-refractivity contribution >= 4 is 0 Å². The molecule has 3 nitrogen and oxygen atoms in total. The predicted octanol–water partition coefficient (Wildman–Crippen LogP) is 2.54. The molecule has 12 heavy (non-hydrogen) atoms. The number of aryl methyl sites for hydroxylation is 1.